The van der Waals surface area contributed by atoms with Gasteiger partial charge >= 0.3 is 0 Å². The second-order valence-electron chi connectivity index (χ2n) is 6.46. The predicted molar refractivity (Wildman–Crippen MR) is 119 cm³/mol. The molecule has 0 aliphatic carbocycles. The van der Waals surface area contributed by atoms with Gasteiger partial charge < -0.3 is 9.47 Å². The van der Waals surface area contributed by atoms with Gasteiger partial charge in [0.05, 0.1) is 12.1 Å². The van der Waals surface area contributed by atoms with Crippen LogP contribution in [0.5, 0.6) is 11.5 Å². The van der Waals surface area contributed by atoms with Gasteiger partial charge in [-0.1, -0.05) is 23.7 Å². The van der Waals surface area contributed by atoms with Gasteiger partial charge in [0, 0.05) is 12.1 Å². The van der Waals surface area contributed by atoms with Gasteiger partial charge in [-0.05, 0) is 54.2 Å². The van der Waals surface area contributed by atoms with Crippen molar-refractivity contribution in [1.82, 2.24) is 10.2 Å². The summed E-state index contributed by atoms with van der Waals surface area (Å²) >= 11 is 11.1. The third-order valence-electron chi connectivity index (χ3n) is 4.39. The van der Waals surface area contributed by atoms with E-state index in [9.17, 15) is 14.0 Å². The van der Waals surface area contributed by atoms with Crippen LogP contribution in [-0.4, -0.2) is 35.5 Å². The molecule has 1 fully saturated rings. The van der Waals surface area contributed by atoms with E-state index in [1.165, 1.54) is 36.3 Å². The van der Waals surface area contributed by atoms with Crippen LogP contribution in [0.3, 0.4) is 0 Å². The molecular weight excluding hydrogens is 443 g/mol. The Hall–Kier alpha value is -3.23. The molecule has 1 aliphatic rings. The van der Waals surface area contributed by atoms with Crippen LogP contribution in [0.2, 0.25) is 5.02 Å². The predicted octanol–water partition coefficient (Wildman–Crippen LogP) is 3.88. The van der Waals surface area contributed by atoms with E-state index in [0.29, 0.717) is 22.6 Å². The fourth-order valence-electron chi connectivity index (χ4n) is 2.90. The summed E-state index contributed by atoms with van der Waals surface area (Å²) in [6.45, 7) is 3.84. The van der Waals surface area contributed by atoms with Crippen molar-refractivity contribution in [2.75, 3.05) is 13.7 Å². The van der Waals surface area contributed by atoms with Crippen LogP contribution < -0.4 is 14.8 Å². The van der Waals surface area contributed by atoms with Gasteiger partial charge in [-0.25, -0.2) is 4.39 Å². The van der Waals surface area contributed by atoms with Crippen molar-refractivity contribution in [3.63, 3.8) is 0 Å². The summed E-state index contributed by atoms with van der Waals surface area (Å²) in [4.78, 5) is 26.3. The highest BCUT2D eigenvalue weighted by Crippen LogP contribution is 2.28. The number of nitrogens with one attached hydrogen (secondary N) is 1. The lowest BCUT2D eigenvalue weighted by molar-refractivity contribution is -0.128. The highest BCUT2D eigenvalue weighted by Gasteiger charge is 2.32. The molecule has 0 unspecified atom stereocenters. The molecule has 3 rings (SSSR count). The summed E-state index contributed by atoms with van der Waals surface area (Å²) in [6, 6.07) is 8.93. The smallest absolute Gasteiger partial charge is 0.265 e. The molecule has 0 saturated carbocycles. The van der Waals surface area contributed by atoms with Crippen molar-refractivity contribution in [2.45, 2.75) is 6.61 Å². The van der Waals surface area contributed by atoms with Gasteiger partial charge in [-0.3, -0.25) is 19.8 Å². The topological polar surface area (TPSA) is 67.9 Å². The number of hydrogen-bond donors (Lipinski definition) is 1. The van der Waals surface area contributed by atoms with Crippen molar-refractivity contribution < 1.29 is 23.5 Å². The minimum absolute atomic E-state index is 0.0343. The monoisotopic (exact) mass is 460 g/mol. The van der Waals surface area contributed by atoms with Crippen LogP contribution in [0, 0.1) is 5.82 Å². The molecule has 1 saturated heterocycles. The summed E-state index contributed by atoms with van der Waals surface area (Å²) < 4.78 is 24.3. The number of carbonyl (C=O) groups is 2. The molecule has 6 nitrogen and oxygen atoms in total. The molecule has 2 aromatic carbocycles. The quantitative estimate of drug-likeness (QED) is 0.294. The first-order valence-corrected chi connectivity index (χ1v) is 9.87. The number of amides is 2. The lowest BCUT2D eigenvalue weighted by Crippen LogP contribution is -2.53. The Morgan fingerprint density at radius 2 is 1.97 bits per heavy atom. The van der Waals surface area contributed by atoms with Gasteiger partial charge in [0.25, 0.3) is 11.8 Å². The Balaban J connectivity index is 1.88. The van der Waals surface area contributed by atoms with Crippen LogP contribution >= 0.6 is 23.8 Å². The van der Waals surface area contributed by atoms with E-state index in [0.717, 1.165) is 6.07 Å². The van der Waals surface area contributed by atoms with E-state index in [1.54, 1.807) is 18.2 Å². The molecule has 1 N–H and O–H groups in total. The summed E-state index contributed by atoms with van der Waals surface area (Å²) in [5.41, 5.74) is 1.16. The van der Waals surface area contributed by atoms with Crippen LogP contribution in [-0.2, 0) is 16.2 Å². The first kappa shape index (κ1) is 22.5. The van der Waals surface area contributed by atoms with Crippen LogP contribution in [0.1, 0.15) is 11.1 Å². The van der Waals surface area contributed by atoms with Gasteiger partial charge in [0.2, 0.25) is 0 Å². The van der Waals surface area contributed by atoms with Gasteiger partial charge in [0.15, 0.2) is 5.11 Å². The van der Waals surface area contributed by atoms with E-state index in [4.69, 9.17) is 33.3 Å². The lowest BCUT2D eigenvalue weighted by Gasteiger charge is -2.27. The number of halogens is 2. The van der Waals surface area contributed by atoms with Gasteiger partial charge in [0.1, 0.15) is 29.5 Å². The average Bonchev–Trinajstić information content (AvgIpc) is 2.73. The Kier molecular flexibility index (Phi) is 7.04. The Bertz CT molecular complexity index is 1100. The van der Waals surface area contributed by atoms with E-state index in [1.807, 2.05) is 0 Å². The molecule has 0 atom stereocenters. The zero-order chi connectivity index (χ0) is 22.5. The minimum atomic E-state index is -0.581. The first-order valence-electron chi connectivity index (χ1n) is 9.08. The molecule has 160 valence electrons. The number of rotatable bonds is 7. The number of ether oxygens (including phenoxy) is 2. The second-order valence-corrected chi connectivity index (χ2v) is 7.25. The first-order chi connectivity index (χ1) is 14.8. The van der Waals surface area contributed by atoms with Crippen molar-refractivity contribution >= 4 is 46.8 Å². The molecule has 1 aliphatic heterocycles. The SMILES string of the molecule is C=CCN1C(=O)C(=Cc2ccc(OC)c(COc3ccc(F)cc3Cl)c2)C(=O)NC1=S. The van der Waals surface area contributed by atoms with Crippen LogP contribution in [0.15, 0.2) is 54.6 Å². The van der Waals surface area contributed by atoms with Gasteiger partial charge in [-0.2, -0.15) is 0 Å². The molecule has 0 radical (unpaired) electrons. The molecule has 1 heterocycles. The molecule has 0 spiro atoms. The fourth-order valence-corrected chi connectivity index (χ4v) is 3.38. The Morgan fingerprint density at radius 3 is 2.65 bits per heavy atom. The zero-order valence-corrected chi connectivity index (χ0v) is 18.1. The summed E-state index contributed by atoms with van der Waals surface area (Å²) in [6.07, 6.45) is 2.98. The van der Waals surface area contributed by atoms with E-state index in [-0.39, 0.29) is 28.9 Å². The maximum Gasteiger partial charge on any atom is 0.265 e. The van der Waals surface area contributed by atoms with E-state index in [2.05, 4.69) is 11.9 Å². The maximum atomic E-state index is 13.2. The molecular formula is C22H18ClFN2O4S. The Labute approximate surface area is 188 Å². The normalized spacial score (nSPS) is 15.1. The molecule has 2 aromatic rings. The molecule has 2 amide bonds. The minimum Gasteiger partial charge on any atom is -0.496 e. The zero-order valence-electron chi connectivity index (χ0n) is 16.5. The molecule has 31 heavy (non-hydrogen) atoms. The summed E-state index contributed by atoms with van der Waals surface area (Å²) in [5, 5.41) is 2.67. The number of carbonyl (C=O) groups excluding carboxylic acids is 2. The number of nitrogens with zero attached hydrogens (tertiary/aromatic N) is 1. The summed E-state index contributed by atoms with van der Waals surface area (Å²) in [5.74, 6) is -0.718. The average molecular weight is 461 g/mol. The lowest BCUT2D eigenvalue weighted by atomic mass is 10.0. The highest BCUT2D eigenvalue weighted by atomic mass is 35.5. The molecule has 9 heteroatoms. The Morgan fingerprint density at radius 1 is 1.23 bits per heavy atom. The molecule has 0 bridgehead atoms. The number of benzene rings is 2. The van der Waals surface area contributed by atoms with Crippen molar-refractivity contribution in [2.24, 2.45) is 0 Å². The molecule has 0 aromatic heterocycles. The van der Waals surface area contributed by atoms with Gasteiger partial charge in [-0.15, -0.1) is 6.58 Å². The number of hydrogen-bond acceptors (Lipinski definition) is 5. The van der Waals surface area contributed by atoms with Crippen molar-refractivity contribution in [3.8, 4) is 11.5 Å². The van der Waals surface area contributed by atoms with Crippen molar-refractivity contribution in [3.05, 3.63) is 76.6 Å². The fraction of sp³-hybridized carbons (Fsp3) is 0.136. The highest BCUT2D eigenvalue weighted by molar-refractivity contribution is 7.80. The number of thiocarbonyl (C=S) groups is 1. The maximum absolute atomic E-state index is 13.2. The summed E-state index contributed by atoms with van der Waals surface area (Å²) in [7, 11) is 1.51. The van der Waals surface area contributed by atoms with Crippen LogP contribution in [0.4, 0.5) is 4.39 Å². The van der Waals surface area contributed by atoms with Crippen LogP contribution in [0.25, 0.3) is 6.08 Å². The van der Waals surface area contributed by atoms with E-state index >= 15 is 0 Å². The largest absolute Gasteiger partial charge is 0.496 e. The standard InChI is InChI=1S/C22H18ClFN2O4S/c1-3-8-26-21(28)16(20(27)25-22(26)31)10-13-4-6-18(29-2)14(9-13)12-30-19-7-5-15(24)11-17(19)23/h3-7,9-11H,1,8,12H2,2H3,(H,25,27,31). The van der Waals surface area contributed by atoms with E-state index < -0.39 is 17.6 Å². The van der Waals surface area contributed by atoms with Crippen molar-refractivity contribution in [1.29, 1.82) is 0 Å². The third kappa shape index (κ3) is 5.10. The number of methoxy groups -OCH3 is 1. The third-order valence-corrected chi connectivity index (χ3v) is 5.01. The second kappa shape index (κ2) is 9.72.